The third-order valence-electron chi connectivity index (χ3n) is 4.56. The van der Waals surface area contributed by atoms with Crippen LogP contribution in [0.25, 0.3) is 0 Å². The predicted molar refractivity (Wildman–Crippen MR) is 88.7 cm³/mol. The molecule has 0 aliphatic rings. The smallest absolute Gasteiger partial charge is 0.128 e. The van der Waals surface area contributed by atoms with Crippen molar-refractivity contribution >= 4 is 0 Å². The van der Waals surface area contributed by atoms with E-state index >= 15 is 0 Å². The molecule has 2 N–H and O–H groups in total. The second-order valence-corrected chi connectivity index (χ2v) is 6.28. The minimum Gasteiger partial charge on any atom is -0.320 e. The van der Waals surface area contributed by atoms with E-state index in [1.165, 1.54) is 6.07 Å². The van der Waals surface area contributed by atoms with Crippen molar-refractivity contribution in [3.05, 3.63) is 35.6 Å². The fourth-order valence-electron chi connectivity index (χ4n) is 3.21. The normalized spacial score (nSPS) is 16.2. The molecule has 120 valence electrons. The van der Waals surface area contributed by atoms with Crippen LogP contribution in [0.15, 0.2) is 24.3 Å². The van der Waals surface area contributed by atoms with Gasteiger partial charge in [-0.15, -0.1) is 0 Å². The van der Waals surface area contributed by atoms with Crippen molar-refractivity contribution in [2.24, 2.45) is 11.7 Å². The van der Waals surface area contributed by atoms with E-state index in [9.17, 15) is 4.39 Å². The number of hydrogen-bond donors (Lipinski definition) is 1. The Kier molecular flexibility index (Phi) is 6.82. The lowest BCUT2D eigenvalue weighted by Crippen LogP contribution is -2.58. The second-order valence-electron chi connectivity index (χ2n) is 6.28. The maximum Gasteiger partial charge on any atom is 0.128 e. The van der Waals surface area contributed by atoms with Crippen LogP contribution in [0.3, 0.4) is 0 Å². The summed E-state index contributed by atoms with van der Waals surface area (Å²) < 4.78 is 14.3. The van der Waals surface area contributed by atoms with Gasteiger partial charge in [-0.3, -0.25) is 4.90 Å². The lowest BCUT2D eigenvalue weighted by Gasteiger charge is -2.45. The third-order valence-corrected chi connectivity index (χ3v) is 4.56. The van der Waals surface area contributed by atoms with Crippen molar-refractivity contribution in [1.82, 2.24) is 4.90 Å². The molecular formula is C18H31FN2. The fraction of sp³-hybridized carbons (Fsp3) is 0.667. The Labute approximate surface area is 129 Å². The van der Waals surface area contributed by atoms with Crippen molar-refractivity contribution in [2.45, 2.75) is 59.0 Å². The highest BCUT2D eigenvalue weighted by Crippen LogP contribution is 2.34. The monoisotopic (exact) mass is 294 g/mol. The summed E-state index contributed by atoms with van der Waals surface area (Å²) in [6.07, 6.45) is 2.16. The first kappa shape index (κ1) is 18.1. The second kappa shape index (κ2) is 7.90. The van der Waals surface area contributed by atoms with Gasteiger partial charge in [-0.05, 0) is 44.8 Å². The molecule has 0 saturated carbocycles. The summed E-state index contributed by atoms with van der Waals surface area (Å²) in [4.78, 5) is 2.40. The van der Waals surface area contributed by atoms with Gasteiger partial charge in [-0.25, -0.2) is 4.39 Å². The highest BCUT2D eigenvalue weighted by atomic mass is 19.1. The van der Waals surface area contributed by atoms with Gasteiger partial charge in [-0.1, -0.05) is 45.9 Å². The summed E-state index contributed by atoms with van der Waals surface area (Å²) in [5.41, 5.74) is 6.73. The molecule has 3 heteroatoms. The molecule has 0 aliphatic heterocycles. The zero-order valence-electron chi connectivity index (χ0n) is 14.2. The average Bonchev–Trinajstić information content (AvgIpc) is 2.45. The first-order valence-electron chi connectivity index (χ1n) is 8.17. The molecule has 1 aromatic rings. The van der Waals surface area contributed by atoms with Gasteiger partial charge < -0.3 is 5.73 Å². The van der Waals surface area contributed by atoms with E-state index in [0.717, 1.165) is 25.9 Å². The van der Waals surface area contributed by atoms with Crippen molar-refractivity contribution in [3.8, 4) is 0 Å². The Morgan fingerprint density at radius 2 is 1.62 bits per heavy atom. The molecule has 0 saturated heterocycles. The van der Waals surface area contributed by atoms with E-state index in [0.29, 0.717) is 5.56 Å². The van der Waals surface area contributed by atoms with Crippen LogP contribution in [0.5, 0.6) is 0 Å². The molecule has 2 unspecified atom stereocenters. The van der Waals surface area contributed by atoms with Gasteiger partial charge in [0.15, 0.2) is 0 Å². The molecule has 0 fully saturated rings. The molecule has 0 bridgehead atoms. The standard InChI is InChI=1S/C18H31FN2/c1-6-12-21(13-7-2)15(5)18(20,14(3)4)16-10-8-9-11-17(16)19/h8-11,14-15H,6-7,12-13,20H2,1-5H3. The van der Waals surface area contributed by atoms with Gasteiger partial charge in [0.2, 0.25) is 0 Å². The number of rotatable bonds is 8. The molecular weight excluding hydrogens is 263 g/mol. The van der Waals surface area contributed by atoms with Crippen molar-refractivity contribution in [1.29, 1.82) is 0 Å². The Morgan fingerprint density at radius 1 is 1.10 bits per heavy atom. The van der Waals surface area contributed by atoms with Gasteiger partial charge in [0.05, 0.1) is 5.54 Å². The van der Waals surface area contributed by atoms with Crippen molar-refractivity contribution in [2.75, 3.05) is 13.1 Å². The quantitative estimate of drug-likeness (QED) is 0.780. The summed E-state index contributed by atoms with van der Waals surface area (Å²) in [7, 11) is 0. The number of halogens is 1. The summed E-state index contributed by atoms with van der Waals surface area (Å²) in [5.74, 6) is -0.0471. The lowest BCUT2D eigenvalue weighted by molar-refractivity contribution is 0.0965. The fourth-order valence-corrected chi connectivity index (χ4v) is 3.21. The highest BCUT2D eigenvalue weighted by molar-refractivity contribution is 5.28. The largest absolute Gasteiger partial charge is 0.320 e. The van der Waals surface area contributed by atoms with E-state index in [2.05, 4.69) is 39.5 Å². The Morgan fingerprint density at radius 3 is 2.05 bits per heavy atom. The predicted octanol–water partition coefficient (Wildman–Crippen LogP) is 4.15. The summed E-state index contributed by atoms with van der Waals surface area (Å²) in [6, 6.07) is 7.03. The van der Waals surface area contributed by atoms with Gasteiger partial charge in [-0.2, -0.15) is 0 Å². The summed E-state index contributed by atoms with van der Waals surface area (Å²) in [5, 5.41) is 0. The SMILES string of the molecule is CCCN(CCC)C(C)C(N)(c1ccccc1F)C(C)C. The van der Waals surface area contributed by atoms with Gasteiger partial charge in [0.25, 0.3) is 0 Å². The van der Waals surface area contributed by atoms with Gasteiger partial charge in [0.1, 0.15) is 5.82 Å². The van der Waals surface area contributed by atoms with Crippen LogP contribution in [-0.2, 0) is 5.54 Å². The third kappa shape index (κ3) is 3.83. The van der Waals surface area contributed by atoms with E-state index in [4.69, 9.17) is 5.73 Å². The van der Waals surface area contributed by atoms with E-state index < -0.39 is 5.54 Å². The topological polar surface area (TPSA) is 29.3 Å². The molecule has 0 radical (unpaired) electrons. The number of hydrogen-bond acceptors (Lipinski definition) is 2. The first-order chi connectivity index (χ1) is 9.89. The first-order valence-corrected chi connectivity index (χ1v) is 8.17. The van der Waals surface area contributed by atoms with Crippen LogP contribution in [-0.4, -0.2) is 24.0 Å². The zero-order chi connectivity index (χ0) is 16.0. The number of nitrogens with zero attached hydrogens (tertiary/aromatic N) is 1. The maximum atomic E-state index is 14.3. The van der Waals surface area contributed by atoms with E-state index in [1.807, 2.05) is 12.1 Å². The van der Waals surface area contributed by atoms with E-state index in [-0.39, 0.29) is 17.8 Å². The van der Waals surface area contributed by atoms with Crippen LogP contribution in [0.1, 0.15) is 53.0 Å². The molecule has 1 rings (SSSR count). The Balaban J connectivity index is 3.23. The highest BCUT2D eigenvalue weighted by Gasteiger charge is 2.41. The molecule has 1 aromatic carbocycles. The summed E-state index contributed by atoms with van der Waals surface area (Å²) in [6.45, 7) is 12.6. The van der Waals surface area contributed by atoms with E-state index in [1.54, 1.807) is 6.07 Å². The molecule has 2 atom stereocenters. The van der Waals surface area contributed by atoms with Crippen LogP contribution >= 0.6 is 0 Å². The lowest BCUT2D eigenvalue weighted by atomic mass is 9.74. The van der Waals surface area contributed by atoms with Crippen LogP contribution in [0, 0.1) is 11.7 Å². The minimum absolute atomic E-state index is 0.0919. The molecule has 21 heavy (non-hydrogen) atoms. The molecule has 2 nitrogen and oxygen atoms in total. The van der Waals surface area contributed by atoms with Crippen molar-refractivity contribution in [3.63, 3.8) is 0 Å². The molecule has 0 spiro atoms. The zero-order valence-corrected chi connectivity index (χ0v) is 14.2. The Bertz CT molecular complexity index is 427. The average molecular weight is 294 g/mol. The molecule has 0 aliphatic carbocycles. The van der Waals surface area contributed by atoms with Gasteiger partial charge >= 0.3 is 0 Å². The maximum absolute atomic E-state index is 14.3. The van der Waals surface area contributed by atoms with Crippen molar-refractivity contribution < 1.29 is 4.39 Å². The number of nitrogens with two attached hydrogens (primary N) is 1. The van der Waals surface area contributed by atoms with Crippen LogP contribution in [0.4, 0.5) is 4.39 Å². The Hall–Kier alpha value is -0.930. The summed E-state index contributed by atoms with van der Waals surface area (Å²) >= 11 is 0. The van der Waals surface area contributed by atoms with Crippen LogP contribution < -0.4 is 5.73 Å². The molecule has 0 amide bonds. The molecule has 0 aromatic heterocycles. The van der Waals surface area contributed by atoms with Gasteiger partial charge in [0, 0.05) is 11.6 Å². The minimum atomic E-state index is -0.685. The number of benzene rings is 1. The van der Waals surface area contributed by atoms with Crippen LogP contribution in [0.2, 0.25) is 0 Å². The molecule has 0 heterocycles.